The highest BCUT2D eigenvalue weighted by atomic mass is 127. The Morgan fingerprint density at radius 2 is 1.75 bits per heavy atom. The second-order valence-electron chi connectivity index (χ2n) is 10.1. The van der Waals surface area contributed by atoms with Crippen molar-refractivity contribution in [2.45, 2.75) is 40.3 Å². The average molecular weight is 725 g/mol. The summed E-state index contributed by atoms with van der Waals surface area (Å²) < 4.78 is 25.7. The molecule has 0 amide bonds. The minimum atomic E-state index is -0.699. The molecule has 1 aromatic heterocycles. The van der Waals surface area contributed by atoms with Crippen LogP contribution in [0.1, 0.15) is 49.1 Å². The Labute approximate surface area is 273 Å². The van der Waals surface area contributed by atoms with Gasteiger partial charge in [0.2, 0.25) is 0 Å². The van der Waals surface area contributed by atoms with Crippen LogP contribution in [-0.4, -0.2) is 30.9 Å². The maximum atomic E-state index is 14.0. The molecule has 4 aromatic rings. The number of carbonyl (C=O) groups is 1. The number of halogens is 1. The number of aromatic nitrogens is 1. The summed E-state index contributed by atoms with van der Waals surface area (Å²) in [5.41, 5.74) is 4.37. The van der Waals surface area contributed by atoms with Gasteiger partial charge in [0.05, 0.1) is 45.7 Å². The van der Waals surface area contributed by atoms with Gasteiger partial charge in [0.1, 0.15) is 12.4 Å². The van der Waals surface area contributed by atoms with E-state index in [1.54, 1.807) is 25.5 Å². The quantitative estimate of drug-likeness (QED) is 0.154. The SMILES string of the molecule is CCOC(=O)C1=C(C)N=c2s/c(=C/c3cc(I)c(OCc4ccc(C)cc4)c(OC)c3)c(=O)n2[C@H]1c1ccc(OCC)cc1. The van der Waals surface area contributed by atoms with E-state index < -0.39 is 12.0 Å². The number of aryl methyl sites for hydroxylation is 1. The van der Waals surface area contributed by atoms with Gasteiger partial charge in [-0.1, -0.05) is 53.3 Å². The third kappa shape index (κ3) is 6.61. The molecule has 228 valence electrons. The molecule has 44 heavy (non-hydrogen) atoms. The molecule has 0 saturated carbocycles. The standard InChI is InChI=1S/C34H33IN2O6S/c1-6-41-25-14-12-24(13-15-25)30-29(33(39)42-7-2)21(4)36-34-37(30)32(38)28(44-34)18-23-16-26(35)31(27(17-23)40-5)43-19-22-10-8-20(3)9-11-22/h8-18,30H,6-7,19H2,1-5H3/b28-18+/t30-/m0/s1. The Hall–Kier alpha value is -3.90. The molecule has 2 heterocycles. The molecule has 0 fully saturated rings. The van der Waals surface area contributed by atoms with Crippen LogP contribution < -0.4 is 29.1 Å². The van der Waals surface area contributed by atoms with Crippen molar-refractivity contribution in [2.24, 2.45) is 4.99 Å². The van der Waals surface area contributed by atoms with E-state index in [0.29, 0.717) is 51.1 Å². The zero-order chi connectivity index (χ0) is 31.4. The Bertz CT molecular complexity index is 1890. The number of methoxy groups -OCH3 is 1. The number of nitrogens with zero attached hydrogens (tertiary/aromatic N) is 2. The van der Waals surface area contributed by atoms with Gasteiger partial charge in [-0.15, -0.1) is 0 Å². The summed E-state index contributed by atoms with van der Waals surface area (Å²) in [6.45, 7) is 8.63. The smallest absolute Gasteiger partial charge is 0.338 e. The number of hydrogen-bond acceptors (Lipinski definition) is 8. The van der Waals surface area contributed by atoms with Crippen LogP contribution in [0.4, 0.5) is 0 Å². The van der Waals surface area contributed by atoms with E-state index in [-0.39, 0.29) is 12.2 Å². The van der Waals surface area contributed by atoms with Gasteiger partial charge in [-0.2, -0.15) is 0 Å². The number of fused-ring (bicyclic) bond motifs is 1. The predicted octanol–water partition coefficient (Wildman–Crippen LogP) is 5.70. The first-order chi connectivity index (χ1) is 21.2. The van der Waals surface area contributed by atoms with Crippen LogP contribution >= 0.6 is 33.9 Å². The summed E-state index contributed by atoms with van der Waals surface area (Å²) in [4.78, 5) is 32.4. The van der Waals surface area contributed by atoms with E-state index in [9.17, 15) is 9.59 Å². The van der Waals surface area contributed by atoms with Crippen LogP contribution in [0.5, 0.6) is 17.2 Å². The molecular weight excluding hydrogens is 691 g/mol. The molecule has 1 aliphatic rings. The van der Waals surface area contributed by atoms with Gasteiger partial charge in [0, 0.05) is 0 Å². The van der Waals surface area contributed by atoms with Gasteiger partial charge in [0.15, 0.2) is 16.3 Å². The molecule has 8 nitrogen and oxygen atoms in total. The first-order valence-corrected chi connectivity index (χ1v) is 16.1. The first-order valence-electron chi connectivity index (χ1n) is 14.2. The molecule has 0 aliphatic carbocycles. The largest absolute Gasteiger partial charge is 0.494 e. The Morgan fingerprint density at radius 3 is 2.41 bits per heavy atom. The molecule has 0 N–H and O–H groups in total. The lowest BCUT2D eigenvalue weighted by molar-refractivity contribution is -0.139. The van der Waals surface area contributed by atoms with Gasteiger partial charge >= 0.3 is 5.97 Å². The molecule has 10 heteroatoms. The fraction of sp³-hybridized carbons (Fsp3) is 0.265. The molecule has 0 bridgehead atoms. The third-order valence-corrected chi connectivity index (χ3v) is 8.86. The second kappa shape index (κ2) is 13.8. The van der Waals surface area contributed by atoms with Crippen molar-refractivity contribution < 1.29 is 23.7 Å². The lowest BCUT2D eigenvalue weighted by Gasteiger charge is -2.24. The molecule has 1 aliphatic heterocycles. The van der Waals surface area contributed by atoms with Crippen LogP contribution in [0.15, 0.2) is 81.7 Å². The summed E-state index contributed by atoms with van der Waals surface area (Å²) in [5.74, 6) is 1.41. The van der Waals surface area contributed by atoms with Gasteiger partial charge in [0.25, 0.3) is 5.56 Å². The fourth-order valence-corrected chi connectivity index (χ4v) is 6.80. The number of carbonyl (C=O) groups excluding carboxylic acids is 1. The minimum absolute atomic E-state index is 0.210. The van der Waals surface area contributed by atoms with E-state index in [1.807, 2.05) is 68.5 Å². The van der Waals surface area contributed by atoms with Crippen molar-refractivity contribution in [1.29, 1.82) is 0 Å². The first kappa shape index (κ1) is 31.5. The van der Waals surface area contributed by atoms with Crippen molar-refractivity contribution in [3.8, 4) is 17.2 Å². The van der Waals surface area contributed by atoms with Crippen LogP contribution in [-0.2, 0) is 16.1 Å². The van der Waals surface area contributed by atoms with E-state index in [1.165, 1.54) is 16.9 Å². The predicted molar refractivity (Wildman–Crippen MR) is 179 cm³/mol. The van der Waals surface area contributed by atoms with Gasteiger partial charge < -0.3 is 18.9 Å². The lowest BCUT2D eigenvalue weighted by Crippen LogP contribution is -2.39. The third-order valence-electron chi connectivity index (χ3n) is 7.08. The monoisotopic (exact) mass is 724 g/mol. The van der Waals surface area contributed by atoms with Crippen molar-refractivity contribution in [3.05, 3.63) is 117 Å². The molecule has 0 radical (unpaired) electrons. The highest BCUT2D eigenvalue weighted by Gasteiger charge is 2.33. The van der Waals surface area contributed by atoms with Crippen molar-refractivity contribution in [1.82, 2.24) is 4.57 Å². The number of allylic oxidation sites excluding steroid dienone is 1. The molecule has 5 rings (SSSR count). The molecule has 3 aromatic carbocycles. The molecule has 0 spiro atoms. The zero-order valence-corrected chi connectivity index (χ0v) is 28.2. The summed E-state index contributed by atoms with van der Waals surface area (Å²) >= 11 is 3.49. The number of hydrogen-bond donors (Lipinski definition) is 0. The topological polar surface area (TPSA) is 88.4 Å². The number of ether oxygens (including phenoxy) is 4. The second-order valence-corrected chi connectivity index (χ2v) is 12.3. The number of esters is 1. The highest BCUT2D eigenvalue weighted by Crippen LogP contribution is 2.35. The maximum Gasteiger partial charge on any atom is 0.338 e. The van der Waals surface area contributed by atoms with Gasteiger partial charge in [-0.05, 0) is 97.3 Å². The number of rotatable bonds is 10. The average Bonchev–Trinajstić information content (AvgIpc) is 3.30. The summed E-state index contributed by atoms with van der Waals surface area (Å²) in [5, 5.41) is 0. The molecule has 1 atom stereocenters. The van der Waals surface area contributed by atoms with Crippen molar-refractivity contribution in [3.63, 3.8) is 0 Å². The van der Waals surface area contributed by atoms with Crippen molar-refractivity contribution >= 4 is 46.0 Å². The molecule has 0 unspecified atom stereocenters. The highest BCUT2D eigenvalue weighted by molar-refractivity contribution is 14.1. The normalized spacial score (nSPS) is 14.6. The van der Waals surface area contributed by atoms with Crippen LogP contribution in [0.2, 0.25) is 0 Å². The van der Waals surface area contributed by atoms with E-state index in [2.05, 4.69) is 39.7 Å². The van der Waals surface area contributed by atoms with Crippen LogP contribution in [0.3, 0.4) is 0 Å². The molecular formula is C34H33IN2O6S. The van der Waals surface area contributed by atoms with E-state index >= 15 is 0 Å². The summed E-state index contributed by atoms with van der Waals surface area (Å²) in [7, 11) is 1.60. The Balaban J connectivity index is 1.56. The Kier molecular flexibility index (Phi) is 9.90. The summed E-state index contributed by atoms with van der Waals surface area (Å²) in [6, 6.07) is 18.7. The minimum Gasteiger partial charge on any atom is -0.494 e. The van der Waals surface area contributed by atoms with Gasteiger partial charge in [-0.25, -0.2) is 9.79 Å². The van der Waals surface area contributed by atoms with Gasteiger partial charge in [-0.3, -0.25) is 9.36 Å². The Morgan fingerprint density at radius 1 is 1.02 bits per heavy atom. The van der Waals surface area contributed by atoms with Crippen LogP contribution in [0, 0.1) is 10.5 Å². The fourth-order valence-electron chi connectivity index (χ4n) is 4.97. The zero-order valence-electron chi connectivity index (χ0n) is 25.2. The molecule has 0 saturated heterocycles. The number of thiazole rings is 1. The maximum absolute atomic E-state index is 14.0. The lowest BCUT2D eigenvalue weighted by atomic mass is 9.96. The number of benzene rings is 3. The van der Waals surface area contributed by atoms with E-state index in [0.717, 1.165) is 20.3 Å². The van der Waals surface area contributed by atoms with E-state index in [4.69, 9.17) is 18.9 Å². The van der Waals surface area contributed by atoms with Crippen LogP contribution in [0.25, 0.3) is 6.08 Å². The summed E-state index contributed by atoms with van der Waals surface area (Å²) in [6.07, 6.45) is 1.82. The van der Waals surface area contributed by atoms with Crippen molar-refractivity contribution in [2.75, 3.05) is 20.3 Å².